The van der Waals surface area contributed by atoms with Crippen LogP contribution >= 0.6 is 15.9 Å². The molecule has 0 saturated carbocycles. The zero-order valence-corrected chi connectivity index (χ0v) is 21.1. The number of sulfonamides is 1. The molecule has 0 aliphatic carbocycles. The third-order valence-corrected chi connectivity index (χ3v) is 8.91. The van der Waals surface area contributed by atoms with Crippen LogP contribution in [0.5, 0.6) is 0 Å². The maximum atomic E-state index is 13.8. The first-order valence-corrected chi connectivity index (χ1v) is 13.4. The Morgan fingerprint density at radius 2 is 2.06 bits per heavy atom. The molecule has 0 spiro atoms. The molecule has 2 saturated heterocycles. The van der Waals surface area contributed by atoms with E-state index in [2.05, 4.69) is 25.9 Å². The van der Waals surface area contributed by atoms with Crippen LogP contribution < -0.4 is 5.73 Å². The van der Waals surface area contributed by atoms with E-state index in [1.54, 1.807) is 35.5 Å². The number of aromatic amines is 1. The standard InChI is InChI=1S/C23H24BrN5O5S/c24-15-5-6-17-16(11-15)21(20(27-17)22(25)30)35(32,33)28-9-10-34-19(13-28)23(31)29-8-2-4-18(29)14-3-1-7-26-12-14/h1,3,5-7,11-12,18-19,27H,2,4,8-10,13H2,(H2,25,30). The van der Waals surface area contributed by atoms with E-state index in [9.17, 15) is 18.0 Å². The lowest BCUT2D eigenvalue weighted by molar-refractivity contribution is -0.148. The van der Waals surface area contributed by atoms with Gasteiger partial charge in [-0.1, -0.05) is 22.0 Å². The molecule has 0 radical (unpaired) electrons. The van der Waals surface area contributed by atoms with Gasteiger partial charge in [-0.25, -0.2) is 8.42 Å². The van der Waals surface area contributed by atoms with Crippen LogP contribution in [-0.4, -0.2) is 71.8 Å². The van der Waals surface area contributed by atoms with E-state index < -0.39 is 22.0 Å². The number of carbonyl (C=O) groups is 2. The normalized spacial score (nSPS) is 21.5. The van der Waals surface area contributed by atoms with E-state index in [0.717, 1.165) is 18.4 Å². The fraction of sp³-hybridized carbons (Fsp3) is 0.348. The highest BCUT2D eigenvalue weighted by atomic mass is 79.9. The first-order chi connectivity index (χ1) is 16.8. The SMILES string of the molecule is NC(=O)c1[nH]c2ccc(Br)cc2c1S(=O)(=O)N1CCOC(C(=O)N2CCCC2c2cccnc2)C1. The molecular formula is C23H24BrN5O5S. The Labute approximate surface area is 210 Å². The highest BCUT2D eigenvalue weighted by Crippen LogP contribution is 2.34. The number of pyridine rings is 1. The van der Waals surface area contributed by atoms with Gasteiger partial charge in [-0.3, -0.25) is 14.6 Å². The second-order valence-electron chi connectivity index (χ2n) is 8.58. The highest BCUT2D eigenvalue weighted by Gasteiger charge is 2.41. The Hall–Kier alpha value is -2.80. The summed E-state index contributed by atoms with van der Waals surface area (Å²) in [5.41, 5.74) is 6.73. The molecule has 2 fully saturated rings. The van der Waals surface area contributed by atoms with Gasteiger partial charge in [0.05, 0.1) is 12.6 Å². The molecule has 1 aromatic carbocycles. The van der Waals surface area contributed by atoms with E-state index in [4.69, 9.17) is 10.5 Å². The lowest BCUT2D eigenvalue weighted by atomic mass is 10.1. The van der Waals surface area contributed by atoms with Crippen molar-refractivity contribution in [1.29, 1.82) is 0 Å². The Bertz CT molecular complexity index is 1390. The molecule has 3 aromatic rings. The van der Waals surface area contributed by atoms with E-state index in [0.29, 0.717) is 21.9 Å². The number of nitrogens with one attached hydrogen (secondary N) is 1. The Kier molecular flexibility index (Phi) is 6.38. The highest BCUT2D eigenvalue weighted by molar-refractivity contribution is 9.10. The fourth-order valence-electron chi connectivity index (χ4n) is 4.84. The summed E-state index contributed by atoms with van der Waals surface area (Å²) in [4.78, 5) is 34.1. The molecule has 2 amide bonds. The quantitative estimate of drug-likeness (QED) is 0.489. The number of amides is 2. The van der Waals surface area contributed by atoms with Crippen LogP contribution in [0.2, 0.25) is 0 Å². The monoisotopic (exact) mass is 561 g/mol. The summed E-state index contributed by atoms with van der Waals surface area (Å²) in [7, 11) is -4.17. The van der Waals surface area contributed by atoms with Crippen molar-refractivity contribution in [2.24, 2.45) is 5.73 Å². The Morgan fingerprint density at radius 3 is 2.80 bits per heavy atom. The minimum absolute atomic E-state index is 0.0526. The van der Waals surface area contributed by atoms with Gasteiger partial charge < -0.3 is 20.4 Å². The van der Waals surface area contributed by atoms with Crippen molar-refractivity contribution in [3.63, 3.8) is 0 Å². The van der Waals surface area contributed by atoms with Gasteiger partial charge in [0.1, 0.15) is 16.7 Å². The second-order valence-corrected chi connectivity index (χ2v) is 11.4. The smallest absolute Gasteiger partial charge is 0.266 e. The number of ether oxygens (including phenoxy) is 1. The van der Waals surface area contributed by atoms with Crippen molar-refractivity contribution in [2.45, 2.75) is 29.9 Å². The minimum Gasteiger partial charge on any atom is -0.366 e. The summed E-state index contributed by atoms with van der Waals surface area (Å²) in [5, 5.41) is 0.346. The van der Waals surface area contributed by atoms with E-state index >= 15 is 0 Å². The molecule has 2 aliphatic rings. The molecule has 184 valence electrons. The van der Waals surface area contributed by atoms with Crippen LogP contribution in [0.25, 0.3) is 10.9 Å². The van der Waals surface area contributed by atoms with Gasteiger partial charge in [0.2, 0.25) is 10.0 Å². The summed E-state index contributed by atoms with van der Waals surface area (Å²) in [6.07, 6.45) is 4.12. The number of likely N-dealkylation sites (tertiary alicyclic amines) is 1. The maximum Gasteiger partial charge on any atom is 0.266 e. The molecular weight excluding hydrogens is 538 g/mol. The van der Waals surface area contributed by atoms with Gasteiger partial charge in [0, 0.05) is 47.4 Å². The van der Waals surface area contributed by atoms with Crippen molar-refractivity contribution < 1.29 is 22.7 Å². The molecule has 35 heavy (non-hydrogen) atoms. The fourth-order valence-corrected chi connectivity index (χ4v) is 6.96. The molecule has 12 heteroatoms. The predicted octanol–water partition coefficient (Wildman–Crippen LogP) is 2.18. The van der Waals surface area contributed by atoms with Crippen LogP contribution in [0, 0.1) is 0 Å². The lowest BCUT2D eigenvalue weighted by Gasteiger charge is -2.35. The van der Waals surface area contributed by atoms with Gasteiger partial charge in [-0.15, -0.1) is 0 Å². The van der Waals surface area contributed by atoms with Crippen LogP contribution in [0.15, 0.2) is 52.1 Å². The first-order valence-electron chi connectivity index (χ1n) is 11.2. The van der Waals surface area contributed by atoms with Crippen molar-refractivity contribution in [3.8, 4) is 0 Å². The number of H-pyrrole nitrogens is 1. The zero-order valence-electron chi connectivity index (χ0n) is 18.7. The van der Waals surface area contributed by atoms with E-state index in [1.165, 1.54) is 4.31 Å². The molecule has 4 heterocycles. The summed E-state index contributed by atoms with van der Waals surface area (Å²) in [6.45, 7) is 0.514. The molecule has 3 N–H and O–H groups in total. The summed E-state index contributed by atoms with van der Waals surface area (Å²) in [6, 6.07) is 8.66. The molecule has 5 rings (SSSR count). The van der Waals surface area contributed by atoms with Crippen molar-refractivity contribution in [2.75, 3.05) is 26.2 Å². The molecule has 2 unspecified atom stereocenters. The van der Waals surface area contributed by atoms with Crippen LogP contribution in [0.1, 0.15) is 34.9 Å². The molecule has 2 aromatic heterocycles. The third-order valence-electron chi connectivity index (χ3n) is 6.47. The number of primary amides is 1. The van der Waals surface area contributed by atoms with E-state index in [1.807, 2.05) is 12.1 Å². The largest absolute Gasteiger partial charge is 0.366 e. The average molecular weight is 562 g/mol. The number of hydrogen-bond donors (Lipinski definition) is 2. The van der Waals surface area contributed by atoms with Gasteiger partial charge in [-0.05, 0) is 42.7 Å². The van der Waals surface area contributed by atoms with Crippen LogP contribution in [0.4, 0.5) is 0 Å². The number of carbonyl (C=O) groups excluding carboxylic acids is 2. The first kappa shape index (κ1) is 23.9. The van der Waals surface area contributed by atoms with Gasteiger partial charge in [0.25, 0.3) is 11.8 Å². The summed E-state index contributed by atoms with van der Waals surface area (Å²) < 4.78 is 35.1. The Balaban J connectivity index is 1.44. The predicted molar refractivity (Wildman–Crippen MR) is 131 cm³/mol. The molecule has 2 atom stereocenters. The van der Waals surface area contributed by atoms with E-state index in [-0.39, 0.29) is 42.2 Å². The Morgan fingerprint density at radius 1 is 1.23 bits per heavy atom. The van der Waals surface area contributed by atoms with Gasteiger partial charge >= 0.3 is 0 Å². The number of aromatic nitrogens is 2. The number of rotatable bonds is 5. The number of nitrogens with zero attached hydrogens (tertiary/aromatic N) is 3. The van der Waals surface area contributed by atoms with Crippen molar-refractivity contribution >= 4 is 48.7 Å². The number of morpholine rings is 1. The number of benzene rings is 1. The van der Waals surface area contributed by atoms with Crippen molar-refractivity contribution in [3.05, 3.63) is 58.5 Å². The summed E-state index contributed by atoms with van der Waals surface area (Å²) in [5.74, 6) is -1.14. The number of halogens is 1. The molecule has 0 bridgehead atoms. The minimum atomic E-state index is -4.17. The molecule has 10 nitrogen and oxygen atoms in total. The summed E-state index contributed by atoms with van der Waals surface area (Å²) >= 11 is 3.35. The maximum absolute atomic E-state index is 13.8. The van der Waals surface area contributed by atoms with Crippen LogP contribution in [0.3, 0.4) is 0 Å². The number of hydrogen-bond acceptors (Lipinski definition) is 6. The lowest BCUT2D eigenvalue weighted by Crippen LogP contribution is -2.52. The zero-order chi connectivity index (χ0) is 24.7. The van der Waals surface area contributed by atoms with Crippen LogP contribution in [-0.2, 0) is 19.6 Å². The topological polar surface area (TPSA) is 139 Å². The third kappa shape index (κ3) is 4.35. The van der Waals surface area contributed by atoms with Crippen molar-refractivity contribution in [1.82, 2.24) is 19.2 Å². The van der Waals surface area contributed by atoms with Gasteiger partial charge in [-0.2, -0.15) is 4.31 Å². The second kappa shape index (κ2) is 9.34. The molecule has 2 aliphatic heterocycles. The average Bonchev–Trinajstić information content (AvgIpc) is 3.49. The number of nitrogens with two attached hydrogens (primary N) is 1. The van der Waals surface area contributed by atoms with Gasteiger partial charge in [0.15, 0.2) is 0 Å². The number of fused-ring (bicyclic) bond motifs is 1.